The maximum absolute atomic E-state index is 6.06. The molecule has 5 rings (SSSR count). The summed E-state index contributed by atoms with van der Waals surface area (Å²) in [4.78, 5) is 19.2. The number of morpholine rings is 1. The Morgan fingerprint density at radius 3 is 3.07 bits per heavy atom. The largest absolute Gasteiger partial charge is 0.374 e. The highest BCUT2D eigenvalue weighted by Crippen LogP contribution is 2.40. The maximum Gasteiger partial charge on any atom is 0.164 e. The Kier molecular flexibility index (Phi) is 5.67. The average molecular weight is 424 g/mol. The normalized spacial score (nSPS) is 19.5. The molecule has 0 unspecified atom stereocenters. The Hall–Kier alpha value is -2.09. The van der Waals surface area contributed by atoms with Gasteiger partial charge in [0.1, 0.15) is 10.6 Å². The third-order valence-corrected chi connectivity index (χ3v) is 7.01. The summed E-state index contributed by atoms with van der Waals surface area (Å²) >= 11 is 1.83. The predicted molar refractivity (Wildman–Crippen MR) is 122 cm³/mol. The van der Waals surface area contributed by atoms with Crippen LogP contribution in [-0.4, -0.2) is 58.7 Å². The van der Waals surface area contributed by atoms with E-state index < -0.39 is 0 Å². The topological polar surface area (TPSA) is 63.2 Å². The molecule has 30 heavy (non-hydrogen) atoms. The van der Waals surface area contributed by atoms with Gasteiger partial charge in [0.15, 0.2) is 5.82 Å². The van der Waals surface area contributed by atoms with E-state index in [1.54, 1.807) is 6.20 Å². The Labute approximate surface area is 181 Å². The maximum atomic E-state index is 6.06. The number of anilines is 1. The summed E-state index contributed by atoms with van der Waals surface area (Å²) in [5.41, 5.74) is 2.40. The molecule has 2 aliphatic rings. The lowest BCUT2D eigenvalue weighted by atomic mass is 10.1. The molecule has 0 spiro atoms. The molecule has 6 nitrogen and oxygen atoms in total. The quantitative estimate of drug-likeness (QED) is 0.646. The van der Waals surface area contributed by atoms with Crippen LogP contribution < -0.4 is 5.32 Å². The number of rotatable bonds is 6. The van der Waals surface area contributed by atoms with Crippen molar-refractivity contribution < 1.29 is 4.74 Å². The molecule has 0 bridgehead atoms. The highest BCUT2D eigenvalue weighted by atomic mass is 32.1. The van der Waals surface area contributed by atoms with Crippen LogP contribution in [0.5, 0.6) is 0 Å². The van der Waals surface area contributed by atoms with Crippen molar-refractivity contribution >= 4 is 27.4 Å². The van der Waals surface area contributed by atoms with Crippen LogP contribution in [0, 0.1) is 5.92 Å². The summed E-state index contributed by atoms with van der Waals surface area (Å²) in [5.74, 6) is 2.36. The lowest BCUT2D eigenvalue weighted by Gasteiger charge is -2.34. The molecule has 158 valence electrons. The van der Waals surface area contributed by atoms with E-state index in [9.17, 15) is 0 Å². The molecule has 3 aromatic heterocycles. The summed E-state index contributed by atoms with van der Waals surface area (Å²) in [5, 5.41) is 4.86. The third kappa shape index (κ3) is 4.06. The van der Waals surface area contributed by atoms with E-state index in [0.717, 1.165) is 67.7 Å². The Morgan fingerprint density at radius 2 is 2.23 bits per heavy atom. The molecule has 0 aromatic carbocycles. The number of aryl methyl sites for hydroxylation is 2. The Balaban J connectivity index is 1.42. The standard InChI is InChI=1S/C23H29N5OS/c1-15(2)13-28-9-10-29-17(14-28)12-25-22-20-18-6-3-7-19(18)30-23(20)27-21(26-22)16-5-4-8-24-11-16/h4-5,8,11,15,17H,3,6-7,9-10,12-14H2,1-2H3,(H,25,26,27)/t17-/m0/s1. The predicted octanol–water partition coefficient (Wildman–Crippen LogP) is 4.01. The van der Waals surface area contributed by atoms with Gasteiger partial charge in [0.2, 0.25) is 0 Å². The summed E-state index contributed by atoms with van der Waals surface area (Å²) in [6, 6.07) is 3.96. The summed E-state index contributed by atoms with van der Waals surface area (Å²) in [6.07, 6.45) is 7.31. The smallest absolute Gasteiger partial charge is 0.164 e. The Bertz CT molecular complexity index is 1020. The van der Waals surface area contributed by atoms with Crippen LogP contribution >= 0.6 is 11.3 Å². The molecule has 7 heteroatoms. The third-order valence-electron chi connectivity index (χ3n) is 5.83. The van der Waals surface area contributed by atoms with E-state index >= 15 is 0 Å². The number of ether oxygens (including phenoxy) is 1. The molecule has 0 amide bonds. The minimum absolute atomic E-state index is 0.177. The fourth-order valence-electron chi connectivity index (χ4n) is 4.54. The second kappa shape index (κ2) is 8.57. The van der Waals surface area contributed by atoms with Gasteiger partial charge >= 0.3 is 0 Å². The Morgan fingerprint density at radius 1 is 1.30 bits per heavy atom. The number of aromatic nitrogens is 3. The lowest BCUT2D eigenvalue weighted by Crippen LogP contribution is -2.46. The van der Waals surface area contributed by atoms with E-state index in [2.05, 4.69) is 29.0 Å². The lowest BCUT2D eigenvalue weighted by molar-refractivity contribution is -0.0244. The minimum atomic E-state index is 0.177. The molecule has 4 heterocycles. The first kappa shape index (κ1) is 19.8. The van der Waals surface area contributed by atoms with Gasteiger partial charge in [0.25, 0.3) is 0 Å². The van der Waals surface area contributed by atoms with E-state index in [-0.39, 0.29) is 6.10 Å². The van der Waals surface area contributed by atoms with Gasteiger partial charge in [-0.15, -0.1) is 11.3 Å². The molecular weight excluding hydrogens is 394 g/mol. The highest BCUT2D eigenvalue weighted by molar-refractivity contribution is 7.19. The number of hydrogen-bond donors (Lipinski definition) is 1. The zero-order chi connectivity index (χ0) is 20.5. The van der Waals surface area contributed by atoms with E-state index in [1.165, 1.54) is 22.2 Å². The van der Waals surface area contributed by atoms with Crippen molar-refractivity contribution in [2.75, 3.05) is 38.1 Å². The van der Waals surface area contributed by atoms with E-state index in [1.807, 2.05) is 29.7 Å². The first-order valence-electron chi connectivity index (χ1n) is 11.0. The van der Waals surface area contributed by atoms with Crippen molar-refractivity contribution in [1.29, 1.82) is 0 Å². The number of fused-ring (bicyclic) bond motifs is 3. The molecule has 1 aliphatic carbocycles. The summed E-state index contributed by atoms with van der Waals surface area (Å²) < 4.78 is 6.06. The molecule has 1 fully saturated rings. The van der Waals surface area contributed by atoms with Crippen molar-refractivity contribution in [3.63, 3.8) is 0 Å². The molecule has 0 radical (unpaired) electrons. The SMILES string of the molecule is CC(C)CN1CCO[C@@H](CNc2nc(-c3cccnc3)nc3sc4c(c23)CCC4)C1. The molecule has 1 saturated heterocycles. The second-order valence-electron chi connectivity index (χ2n) is 8.70. The van der Waals surface area contributed by atoms with Crippen LogP contribution in [0.4, 0.5) is 5.82 Å². The molecule has 1 atom stereocenters. The van der Waals surface area contributed by atoms with E-state index in [0.29, 0.717) is 5.92 Å². The van der Waals surface area contributed by atoms with Crippen LogP contribution in [0.1, 0.15) is 30.7 Å². The number of nitrogens with one attached hydrogen (secondary N) is 1. The summed E-state index contributed by atoms with van der Waals surface area (Å²) in [6.45, 7) is 9.23. The van der Waals surface area contributed by atoms with Gasteiger partial charge in [-0.05, 0) is 42.9 Å². The van der Waals surface area contributed by atoms with Crippen molar-refractivity contribution in [2.24, 2.45) is 5.92 Å². The van der Waals surface area contributed by atoms with Crippen LogP contribution in [0.25, 0.3) is 21.6 Å². The van der Waals surface area contributed by atoms with Gasteiger partial charge in [0.05, 0.1) is 18.1 Å². The monoisotopic (exact) mass is 423 g/mol. The number of nitrogens with zero attached hydrogens (tertiary/aromatic N) is 4. The second-order valence-corrected chi connectivity index (χ2v) is 9.79. The van der Waals surface area contributed by atoms with Gasteiger partial charge in [-0.2, -0.15) is 0 Å². The van der Waals surface area contributed by atoms with Crippen LogP contribution in [0.3, 0.4) is 0 Å². The van der Waals surface area contributed by atoms with Gasteiger partial charge in [-0.3, -0.25) is 9.88 Å². The summed E-state index contributed by atoms with van der Waals surface area (Å²) in [7, 11) is 0. The van der Waals surface area contributed by atoms with Gasteiger partial charge in [0, 0.05) is 49.0 Å². The fourth-order valence-corrected chi connectivity index (χ4v) is 5.81. The van der Waals surface area contributed by atoms with Crippen LogP contribution in [0.2, 0.25) is 0 Å². The number of thiophene rings is 1. The van der Waals surface area contributed by atoms with E-state index in [4.69, 9.17) is 14.7 Å². The van der Waals surface area contributed by atoms with Crippen molar-refractivity contribution in [3.8, 4) is 11.4 Å². The number of hydrogen-bond acceptors (Lipinski definition) is 7. The zero-order valence-corrected chi connectivity index (χ0v) is 18.5. The van der Waals surface area contributed by atoms with Gasteiger partial charge in [-0.1, -0.05) is 13.8 Å². The van der Waals surface area contributed by atoms with Crippen LogP contribution in [-0.2, 0) is 17.6 Å². The molecular formula is C23H29N5OS. The molecule has 1 N–H and O–H groups in total. The molecule has 3 aromatic rings. The zero-order valence-electron chi connectivity index (χ0n) is 17.7. The van der Waals surface area contributed by atoms with Crippen molar-refractivity contribution in [2.45, 2.75) is 39.2 Å². The molecule has 0 saturated carbocycles. The minimum Gasteiger partial charge on any atom is -0.374 e. The van der Waals surface area contributed by atoms with Gasteiger partial charge < -0.3 is 10.1 Å². The first-order chi connectivity index (χ1) is 14.7. The first-order valence-corrected chi connectivity index (χ1v) is 11.8. The van der Waals surface area contributed by atoms with Crippen molar-refractivity contribution in [1.82, 2.24) is 19.9 Å². The van der Waals surface area contributed by atoms with Gasteiger partial charge in [-0.25, -0.2) is 9.97 Å². The number of pyridine rings is 1. The fraction of sp³-hybridized carbons (Fsp3) is 0.522. The molecule has 1 aliphatic heterocycles. The average Bonchev–Trinajstić information content (AvgIpc) is 3.33. The highest BCUT2D eigenvalue weighted by Gasteiger charge is 2.25. The van der Waals surface area contributed by atoms with Crippen LogP contribution in [0.15, 0.2) is 24.5 Å². The van der Waals surface area contributed by atoms with Crippen molar-refractivity contribution in [3.05, 3.63) is 35.0 Å².